The third-order valence-corrected chi connectivity index (χ3v) is 4.24. The van der Waals surface area contributed by atoms with E-state index < -0.39 is 0 Å². The van der Waals surface area contributed by atoms with Crippen LogP contribution in [-0.2, 0) is 0 Å². The summed E-state index contributed by atoms with van der Waals surface area (Å²) < 4.78 is 0. The van der Waals surface area contributed by atoms with E-state index in [0.29, 0.717) is 17.2 Å². The minimum atomic E-state index is 0.240. The van der Waals surface area contributed by atoms with Gasteiger partial charge in [-0.05, 0) is 48.1 Å². The summed E-state index contributed by atoms with van der Waals surface area (Å²) in [7, 11) is 0. The summed E-state index contributed by atoms with van der Waals surface area (Å²) in [6, 6.07) is 13.2. The van der Waals surface area contributed by atoms with E-state index in [1.807, 2.05) is 24.3 Å². The van der Waals surface area contributed by atoms with Gasteiger partial charge in [0.15, 0.2) is 0 Å². The van der Waals surface area contributed by atoms with Gasteiger partial charge >= 0.3 is 0 Å². The van der Waals surface area contributed by atoms with Crippen molar-refractivity contribution in [1.82, 2.24) is 4.98 Å². The average Bonchev–Trinajstić information content (AvgIpc) is 3.28. The minimum absolute atomic E-state index is 0.240. The molecule has 0 aliphatic heterocycles. The third kappa shape index (κ3) is 1.91. The number of nitrogens with one attached hydrogen (secondary N) is 1. The molecule has 0 bridgehead atoms. The van der Waals surface area contributed by atoms with Crippen LogP contribution in [0.1, 0.15) is 29.9 Å². The number of H-pyrrole nitrogens is 1. The maximum absolute atomic E-state index is 9.95. The first kappa shape index (κ1) is 12.8. The molecule has 0 radical (unpaired) electrons. The lowest BCUT2D eigenvalue weighted by Gasteiger charge is -2.03. The highest BCUT2D eigenvalue weighted by Gasteiger charge is 2.28. The number of aromatic amines is 1. The number of anilines is 1. The van der Waals surface area contributed by atoms with Gasteiger partial charge in [-0.1, -0.05) is 12.1 Å². The van der Waals surface area contributed by atoms with Crippen LogP contribution in [0, 0.1) is 11.3 Å². The Morgan fingerprint density at radius 2 is 1.91 bits per heavy atom. The van der Waals surface area contributed by atoms with Crippen molar-refractivity contribution in [1.29, 1.82) is 5.26 Å². The van der Waals surface area contributed by atoms with Crippen LogP contribution in [0.25, 0.3) is 22.2 Å². The number of hydrogen-bond acceptors (Lipinski definition) is 3. The number of nitrogens with zero attached hydrogens (tertiary/aromatic N) is 1. The second-order valence-electron chi connectivity index (χ2n) is 5.84. The molecule has 0 spiro atoms. The van der Waals surface area contributed by atoms with E-state index in [4.69, 9.17) is 5.73 Å². The van der Waals surface area contributed by atoms with Crippen molar-refractivity contribution in [3.63, 3.8) is 0 Å². The Labute approximate surface area is 127 Å². The number of fused-ring (bicyclic) bond motifs is 1. The molecule has 0 saturated heterocycles. The van der Waals surface area contributed by atoms with Crippen LogP contribution >= 0.6 is 0 Å². The van der Waals surface area contributed by atoms with Crippen molar-refractivity contribution in [3.8, 4) is 23.1 Å². The summed E-state index contributed by atoms with van der Waals surface area (Å²) >= 11 is 0. The van der Waals surface area contributed by atoms with Crippen molar-refractivity contribution < 1.29 is 5.11 Å². The van der Waals surface area contributed by atoms with Gasteiger partial charge in [-0.15, -0.1) is 0 Å². The molecule has 1 aliphatic carbocycles. The Kier molecular flexibility index (Phi) is 2.64. The van der Waals surface area contributed by atoms with E-state index in [1.165, 1.54) is 0 Å². The molecule has 3 aromatic rings. The lowest BCUT2D eigenvalue weighted by atomic mass is 9.99. The number of aromatic hydroxyl groups is 1. The zero-order chi connectivity index (χ0) is 15.3. The minimum Gasteiger partial charge on any atom is -0.508 e. The third-order valence-electron chi connectivity index (χ3n) is 4.24. The predicted octanol–water partition coefficient (Wildman–Crippen LogP) is 3.87. The van der Waals surface area contributed by atoms with E-state index in [-0.39, 0.29) is 5.75 Å². The number of phenolic OH excluding ortho intramolecular Hbond substituents is 1. The fourth-order valence-corrected chi connectivity index (χ4v) is 3.04. The standard InChI is InChI=1S/C18H15N3O/c19-9-15-17-14(10-1-2-10)7-13(22)8-16(17)21-18(15)11-3-5-12(20)6-4-11/h3-8,10,21-22H,1-2,20H2. The van der Waals surface area contributed by atoms with Crippen LogP contribution in [0.2, 0.25) is 0 Å². The van der Waals surface area contributed by atoms with Gasteiger partial charge in [-0.25, -0.2) is 0 Å². The summed E-state index contributed by atoms with van der Waals surface area (Å²) in [6.07, 6.45) is 2.23. The van der Waals surface area contributed by atoms with Crippen LogP contribution in [0.3, 0.4) is 0 Å². The zero-order valence-corrected chi connectivity index (χ0v) is 11.9. The molecule has 22 heavy (non-hydrogen) atoms. The van der Waals surface area contributed by atoms with Crippen LogP contribution in [0.4, 0.5) is 5.69 Å². The monoisotopic (exact) mass is 289 g/mol. The SMILES string of the molecule is N#Cc1c(-c2ccc(N)cc2)[nH]c2cc(O)cc(C3CC3)c12. The lowest BCUT2D eigenvalue weighted by Crippen LogP contribution is -1.86. The number of nitrogens with two attached hydrogens (primary N) is 1. The normalized spacial score (nSPS) is 14.1. The molecule has 1 fully saturated rings. The second kappa shape index (κ2) is 4.54. The molecule has 0 amide bonds. The summed E-state index contributed by atoms with van der Waals surface area (Å²) in [6.45, 7) is 0. The number of benzene rings is 2. The maximum atomic E-state index is 9.95. The van der Waals surface area contributed by atoms with Crippen molar-refractivity contribution in [2.45, 2.75) is 18.8 Å². The Bertz CT molecular complexity index is 912. The van der Waals surface area contributed by atoms with Gasteiger partial charge in [0, 0.05) is 17.1 Å². The molecule has 1 aliphatic rings. The molecule has 0 atom stereocenters. The summed E-state index contributed by atoms with van der Waals surface area (Å²) in [5.41, 5.74) is 10.7. The molecule has 4 nitrogen and oxygen atoms in total. The van der Waals surface area contributed by atoms with Gasteiger partial charge in [0.05, 0.1) is 16.8 Å². The predicted molar refractivity (Wildman–Crippen MR) is 86.5 cm³/mol. The Balaban J connectivity index is 2.02. The maximum Gasteiger partial charge on any atom is 0.117 e. The fourth-order valence-electron chi connectivity index (χ4n) is 3.04. The molecule has 108 valence electrons. The number of nitrogen functional groups attached to an aromatic ring is 1. The van der Waals surface area contributed by atoms with Gasteiger partial charge in [0.2, 0.25) is 0 Å². The summed E-state index contributed by atoms with van der Waals surface area (Å²) in [5.74, 6) is 0.695. The number of rotatable bonds is 2. The van der Waals surface area contributed by atoms with E-state index in [1.54, 1.807) is 12.1 Å². The first-order chi connectivity index (χ1) is 10.7. The Morgan fingerprint density at radius 3 is 2.55 bits per heavy atom. The number of hydrogen-bond donors (Lipinski definition) is 3. The lowest BCUT2D eigenvalue weighted by molar-refractivity contribution is 0.475. The van der Waals surface area contributed by atoms with Crippen LogP contribution in [0.15, 0.2) is 36.4 Å². The topological polar surface area (TPSA) is 85.8 Å². The number of nitriles is 1. The van der Waals surface area contributed by atoms with Crippen molar-refractivity contribution in [2.75, 3.05) is 5.73 Å². The van der Waals surface area contributed by atoms with Gasteiger partial charge in [0.25, 0.3) is 0 Å². The zero-order valence-electron chi connectivity index (χ0n) is 11.9. The van der Waals surface area contributed by atoms with Gasteiger partial charge in [0.1, 0.15) is 11.8 Å². The van der Waals surface area contributed by atoms with Gasteiger partial charge in [-0.3, -0.25) is 0 Å². The largest absolute Gasteiger partial charge is 0.508 e. The van der Waals surface area contributed by atoms with Gasteiger partial charge in [-0.2, -0.15) is 5.26 Å². The molecule has 1 saturated carbocycles. The average molecular weight is 289 g/mol. The van der Waals surface area contributed by atoms with Crippen molar-refractivity contribution in [3.05, 3.63) is 47.5 Å². The molecule has 4 N–H and O–H groups in total. The highest BCUT2D eigenvalue weighted by Crippen LogP contribution is 2.46. The first-order valence-corrected chi connectivity index (χ1v) is 7.32. The van der Waals surface area contributed by atoms with E-state index in [9.17, 15) is 10.4 Å². The molecule has 4 rings (SSSR count). The highest BCUT2D eigenvalue weighted by atomic mass is 16.3. The Morgan fingerprint density at radius 1 is 1.18 bits per heavy atom. The van der Waals surface area contributed by atoms with E-state index in [2.05, 4.69) is 11.1 Å². The van der Waals surface area contributed by atoms with Crippen LogP contribution in [-0.4, -0.2) is 10.1 Å². The number of phenols is 1. The summed E-state index contributed by atoms with van der Waals surface area (Å²) in [5, 5.41) is 20.5. The van der Waals surface area contributed by atoms with Crippen molar-refractivity contribution >= 4 is 16.6 Å². The molecule has 2 aromatic carbocycles. The smallest absolute Gasteiger partial charge is 0.117 e. The van der Waals surface area contributed by atoms with Crippen LogP contribution in [0.5, 0.6) is 5.75 Å². The quantitative estimate of drug-likeness (QED) is 0.626. The Hall–Kier alpha value is -2.93. The fraction of sp³-hybridized carbons (Fsp3) is 0.167. The molecule has 4 heteroatoms. The molecule has 1 aromatic heterocycles. The second-order valence-corrected chi connectivity index (χ2v) is 5.84. The van der Waals surface area contributed by atoms with Crippen LogP contribution < -0.4 is 5.73 Å². The molecular formula is C18H15N3O. The number of aromatic nitrogens is 1. The van der Waals surface area contributed by atoms with E-state index in [0.717, 1.165) is 40.6 Å². The van der Waals surface area contributed by atoms with Crippen molar-refractivity contribution in [2.24, 2.45) is 0 Å². The molecular weight excluding hydrogens is 274 g/mol. The highest BCUT2D eigenvalue weighted by molar-refractivity contribution is 5.97. The first-order valence-electron chi connectivity index (χ1n) is 7.32. The summed E-state index contributed by atoms with van der Waals surface area (Å²) in [4.78, 5) is 3.29. The van der Waals surface area contributed by atoms with E-state index >= 15 is 0 Å². The molecule has 1 heterocycles. The van der Waals surface area contributed by atoms with Gasteiger partial charge < -0.3 is 15.8 Å². The molecule has 0 unspecified atom stereocenters.